The van der Waals surface area contributed by atoms with Crippen LogP contribution in [0.3, 0.4) is 0 Å². The fourth-order valence-electron chi connectivity index (χ4n) is 4.23. The number of ether oxygens (including phenoxy) is 2. The summed E-state index contributed by atoms with van der Waals surface area (Å²) in [6.45, 7) is 7.12. The van der Waals surface area contributed by atoms with Crippen molar-refractivity contribution in [3.05, 3.63) is 52.4 Å². The molecular weight excluding hydrogens is 386 g/mol. The number of carbonyl (C=O) groups excluding carboxylic acids is 3. The summed E-state index contributed by atoms with van der Waals surface area (Å²) in [5, 5.41) is 12.9. The van der Waals surface area contributed by atoms with Crippen molar-refractivity contribution in [3.8, 4) is 5.75 Å². The van der Waals surface area contributed by atoms with Crippen molar-refractivity contribution in [2.75, 3.05) is 7.11 Å². The molecule has 7 heteroatoms. The number of allylic oxidation sites excluding steroid dienone is 3. The molecule has 0 amide bonds. The van der Waals surface area contributed by atoms with Gasteiger partial charge in [0.25, 0.3) is 0 Å². The average Bonchev–Trinajstić information content (AvgIpc) is 2.66. The number of phenolic OH excluding ortho intramolecular Hbond substituents is 1. The molecular formula is C23H27NO6. The number of Topliss-reactive ketones (excluding diaryl/α,β-unsaturated/α-hetero) is 1. The molecule has 0 unspecified atom stereocenters. The Morgan fingerprint density at radius 3 is 2.40 bits per heavy atom. The third-order valence-corrected chi connectivity index (χ3v) is 5.53. The lowest BCUT2D eigenvalue weighted by Gasteiger charge is -2.38. The number of aromatic hydroxyl groups is 1. The van der Waals surface area contributed by atoms with E-state index < -0.39 is 23.8 Å². The first-order valence-electron chi connectivity index (χ1n) is 9.98. The minimum Gasteiger partial charge on any atom is -0.508 e. The van der Waals surface area contributed by atoms with E-state index >= 15 is 0 Å². The zero-order valence-corrected chi connectivity index (χ0v) is 17.8. The molecule has 0 fully saturated rings. The molecule has 0 saturated carbocycles. The Labute approximate surface area is 175 Å². The van der Waals surface area contributed by atoms with Crippen LogP contribution >= 0.6 is 0 Å². The van der Waals surface area contributed by atoms with Gasteiger partial charge in [0.05, 0.1) is 18.8 Å². The van der Waals surface area contributed by atoms with E-state index in [1.54, 1.807) is 32.9 Å². The Balaban J connectivity index is 2.17. The van der Waals surface area contributed by atoms with Crippen LogP contribution in [0.1, 0.15) is 45.6 Å². The number of dihydropyridines is 1. The van der Waals surface area contributed by atoms with Crippen molar-refractivity contribution < 1.29 is 29.0 Å². The van der Waals surface area contributed by atoms with E-state index in [1.807, 2.05) is 6.92 Å². The van der Waals surface area contributed by atoms with Crippen LogP contribution in [-0.4, -0.2) is 36.0 Å². The van der Waals surface area contributed by atoms with E-state index in [9.17, 15) is 19.5 Å². The molecule has 160 valence electrons. The number of nitrogens with one attached hydrogen (secondary N) is 1. The zero-order valence-electron chi connectivity index (χ0n) is 17.8. The third kappa shape index (κ3) is 3.84. The summed E-state index contributed by atoms with van der Waals surface area (Å²) in [5.74, 6) is -3.28. The third-order valence-electron chi connectivity index (χ3n) is 5.53. The van der Waals surface area contributed by atoms with E-state index in [-0.39, 0.29) is 23.6 Å². The molecule has 3 atom stereocenters. The first kappa shape index (κ1) is 21.6. The number of methoxy groups -OCH3 is 1. The number of hydrogen-bond donors (Lipinski definition) is 2. The van der Waals surface area contributed by atoms with Crippen molar-refractivity contribution in [2.45, 2.75) is 46.1 Å². The molecule has 0 saturated heterocycles. The van der Waals surface area contributed by atoms with Gasteiger partial charge in [0.2, 0.25) is 0 Å². The van der Waals surface area contributed by atoms with Crippen LogP contribution in [-0.2, 0) is 23.9 Å². The Morgan fingerprint density at radius 2 is 1.83 bits per heavy atom. The summed E-state index contributed by atoms with van der Waals surface area (Å²) in [6, 6.07) is 6.35. The molecule has 1 aliphatic carbocycles. The zero-order chi connectivity index (χ0) is 22.2. The minimum atomic E-state index is -0.934. The maximum atomic E-state index is 13.5. The standard InChI is InChI=1S/C23H27NO6/c1-11(2)30-23(28)18-13(4)24-16-10-12(3)17(22(27)29-5)21(26)20(16)19(18)14-6-8-15(25)9-7-14/h6-9,11-12,17,19,24-25H,10H2,1-5H3/t12-,17+,19-/m0/s1. The summed E-state index contributed by atoms with van der Waals surface area (Å²) in [5.41, 5.74) is 2.65. The van der Waals surface area contributed by atoms with Crippen LogP contribution in [0.4, 0.5) is 0 Å². The molecule has 2 N–H and O–H groups in total. The second-order valence-corrected chi connectivity index (χ2v) is 8.08. The van der Waals surface area contributed by atoms with Crippen LogP contribution < -0.4 is 5.32 Å². The van der Waals surface area contributed by atoms with E-state index in [0.717, 1.165) is 0 Å². The number of ketones is 1. The van der Waals surface area contributed by atoms with E-state index in [2.05, 4.69) is 5.32 Å². The number of esters is 2. The average molecular weight is 413 g/mol. The highest BCUT2D eigenvalue weighted by atomic mass is 16.5. The van der Waals surface area contributed by atoms with E-state index in [4.69, 9.17) is 9.47 Å². The molecule has 30 heavy (non-hydrogen) atoms. The molecule has 0 aromatic heterocycles. The minimum absolute atomic E-state index is 0.0740. The fraction of sp³-hybridized carbons (Fsp3) is 0.435. The Hall–Kier alpha value is -3.09. The van der Waals surface area contributed by atoms with Crippen molar-refractivity contribution in [1.29, 1.82) is 0 Å². The van der Waals surface area contributed by atoms with Crippen molar-refractivity contribution >= 4 is 17.7 Å². The molecule has 3 rings (SSSR count). The normalized spacial score (nSPS) is 23.8. The summed E-state index contributed by atoms with van der Waals surface area (Å²) < 4.78 is 10.3. The lowest BCUT2D eigenvalue weighted by molar-refractivity contribution is -0.151. The highest BCUT2D eigenvalue weighted by Gasteiger charge is 2.47. The van der Waals surface area contributed by atoms with Crippen molar-refractivity contribution in [1.82, 2.24) is 5.32 Å². The van der Waals surface area contributed by atoms with Gasteiger partial charge >= 0.3 is 11.9 Å². The van der Waals surface area contributed by atoms with Crippen LogP contribution in [0, 0.1) is 11.8 Å². The smallest absolute Gasteiger partial charge is 0.337 e. The maximum absolute atomic E-state index is 13.5. The first-order chi connectivity index (χ1) is 14.1. The molecule has 1 heterocycles. The lowest BCUT2D eigenvalue weighted by atomic mass is 9.69. The number of phenols is 1. The highest BCUT2D eigenvalue weighted by Crippen LogP contribution is 2.45. The molecule has 7 nitrogen and oxygen atoms in total. The van der Waals surface area contributed by atoms with Gasteiger partial charge in [-0.15, -0.1) is 0 Å². The van der Waals surface area contributed by atoms with Crippen LogP contribution in [0.15, 0.2) is 46.8 Å². The molecule has 2 aliphatic rings. The lowest BCUT2D eigenvalue weighted by Crippen LogP contribution is -2.43. The largest absolute Gasteiger partial charge is 0.508 e. The summed E-state index contributed by atoms with van der Waals surface area (Å²) >= 11 is 0. The topological polar surface area (TPSA) is 102 Å². The number of hydrogen-bond acceptors (Lipinski definition) is 7. The summed E-state index contributed by atoms with van der Waals surface area (Å²) in [6.07, 6.45) is 0.137. The highest BCUT2D eigenvalue weighted by molar-refractivity contribution is 6.12. The van der Waals surface area contributed by atoms with Gasteiger partial charge in [-0.1, -0.05) is 19.1 Å². The number of carbonyl (C=O) groups is 3. The van der Waals surface area contributed by atoms with E-state index in [0.29, 0.717) is 34.5 Å². The van der Waals surface area contributed by atoms with Crippen molar-refractivity contribution in [3.63, 3.8) is 0 Å². The van der Waals surface area contributed by atoms with Gasteiger partial charge in [-0.3, -0.25) is 9.59 Å². The van der Waals surface area contributed by atoms with Gasteiger partial charge in [0.1, 0.15) is 11.7 Å². The quantitative estimate of drug-likeness (QED) is 0.578. The van der Waals surface area contributed by atoms with Gasteiger partial charge in [-0.05, 0) is 50.8 Å². The summed E-state index contributed by atoms with van der Waals surface area (Å²) in [4.78, 5) is 38.8. The Morgan fingerprint density at radius 1 is 1.20 bits per heavy atom. The van der Waals surface area contributed by atoms with Crippen LogP contribution in [0.5, 0.6) is 5.75 Å². The second kappa shape index (κ2) is 8.34. The molecule has 1 aliphatic heterocycles. The molecule has 0 spiro atoms. The van der Waals surface area contributed by atoms with Crippen LogP contribution in [0.25, 0.3) is 0 Å². The Kier molecular flexibility index (Phi) is 6.01. The molecule has 0 radical (unpaired) electrons. The molecule has 0 bridgehead atoms. The predicted octanol–water partition coefficient (Wildman–Crippen LogP) is 2.96. The predicted molar refractivity (Wildman–Crippen MR) is 109 cm³/mol. The molecule has 1 aromatic carbocycles. The Bertz CT molecular complexity index is 941. The van der Waals surface area contributed by atoms with Gasteiger partial charge in [0, 0.05) is 22.9 Å². The maximum Gasteiger partial charge on any atom is 0.337 e. The monoisotopic (exact) mass is 413 g/mol. The van der Waals surface area contributed by atoms with Gasteiger partial charge in [-0.2, -0.15) is 0 Å². The number of rotatable bonds is 4. The van der Waals surface area contributed by atoms with E-state index in [1.165, 1.54) is 19.2 Å². The second-order valence-electron chi connectivity index (χ2n) is 8.08. The van der Waals surface area contributed by atoms with Gasteiger partial charge < -0.3 is 19.9 Å². The summed E-state index contributed by atoms with van der Waals surface area (Å²) in [7, 11) is 1.26. The first-order valence-corrected chi connectivity index (χ1v) is 9.98. The SMILES string of the molecule is COC(=O)[C@H]1C(=O)C2=C(C[C@@H]1C)NC(C)=C(C(=O)OC(C)C)[C@@H]2c1ccc(O)cc1. The fourth-order valence-corrected chi connectivity index (χ4v) is 4.23. The van der Waals surface area contributed by atoms with Crippen molar-refractivity contribution in [2.24, 2.45) is 11.8 Å². The molecule has 1 aromatic rings. The van der Waals surface area contributed by atoms with Gasteiger partial charge in [0.15, 0.2) is 5.78 Å². The van der Waals surface area contributed by atoms with Gasteiger partial charge in [-0.25, -0.2) is 4.79 Å². The van der Waals surface area contributed by atoms with Crippen LogP contribution in [0.2, 0.25) is 0 Å². The number of benzene rings is 1.